The van der Waals surface area contributed by atoms with Crippen molar-refractivity contribution in [3.05, 3.63) is 0 Å². The van der Waals surface area contributed by atoms with E-state index in [1.807, 2.05) is 0 Å². The van der Waals surface area contributed by atoms with Crippen LogP contribution in [0, 0.1) is 11.3 Å². The lowest BCUT2D eigenvalue weighted by molar-refractivity contribution is 0.438. The first-order valence-corrected chi connectivity index (χ1v) is 6.83. The molecule has 0 spiro atoms. The van der Waals surface area contributed by atoms with E-state index < -0.39 is 0 Å². The van der Waals surface area contributed by atoms with E-state index in [0.717, 1.165) is 5.92 Å². The summed E-state index contributed by atoms with van der Waals surface area (Å²) >= 11 is 0. The molecular weight excluding hydrogens is 182 g/mol. The third-order valence-corrected chi connectivity index (χ3v) is 4.00. The highest BCUT2D eigenvalue weighted by Crippen LogP contribution is 2.53. The first kappa shape index (κ1) is 13.0. The maximum Gasteiger partial charge on any atom is 0.00724 e. The van der Waals surface area contributed by atoms with Gasteiger partial charge in [-0.15, -0.1) is 0 Å². The minimum Gasteiger partial charge on any atom is -0.327 e. The van der Waals surface area contributed by atoms with Gasteiger partial charge in [0.2, 0.25) is 0 Å². The van der Waals surface area contributed by atoms with Crippen LogP contribution in [-0.2, 0) is 0 Å². The summed E-state index contributed by atoms with van der Waals surface area (Å²) in [6, 6.07) is 0.478. The quantitative estimate of drug-likeness (QED) is 0.601. The van der Waals surface area contributed by atoms with E-state index in [4.69, 9.17) is 5.73 Å². The molecule has 0 heterocycles. The van der Waals surface area contributed by atoms with Gasteiger partial charge in [-0.3, -0.25) is 0 Å². The molecule has 15 heavy (non-hydrogen) atoms. The van der Waals surface area contributed by atoms with Gasteiger partial charge in [-0.1, -0.05) is 59.3 Å². The van der Waals surface area contributed by atoms with Crippen molar-refractivity contribution in [2.24, 2.45) is 17.1 Å². The third-order valence-electron chi connectivity index (χ3n) is 4.00. The van der Waals surface area contributed by atoms with Gasteiger partial charge in [-0.25, -0.2) is 0 Å². The molecule has 1 aliphatic rings. The second-order valence-corrected chi connectivity index (χ2v) is 6.02. The Morgan fingerprint density at radius 3 is 2.20 bits per heavy atom. The summed E-state index contributed by atoms with van der Waals surface area (Å²) in [6.07, 6.45) is 10.9. The van der Waals surface area contributed by atoms with E-state index in [-0.39, 0.29) is 0 Å². The number of unbranched alkanes of at least 4 members (excludes halogenated alkanes) is 5. The first-order chi connectivity index (χ1) is 7.08. The van der Waals surface area contributed by atoms with Gasteiger partial charge in [0.05, 0.1) is 0 Å². The molecule has 1 nitrogen and oxygen atoms in total. The minimum atomic E-state index is 0.478. The zero-order chi connectivity index (χ0) is 11.3. The Labute approximate surface area is 95.8 Å². The van der Waals surface area contributed by atoms with E-state index >= 15 is 0 Å². The van der Waals surface area contributed by atoms with Gasteiger partial charge in [-0.2, -0.15) is 0 Å². The highest BCUT2D eigenvalue weighted by atomic mass is 14.7. The van der Waals surface area contributed by atoms with Gasteiger partial charge in [0.1, 0.15) is 0 Å². The molecule has 0 aliphatic heterocycles. The lowest BCUT2D eigenvalue weighted by Gasteiger charge is -2.13. The molecule has 1 heteroatoms. The highest BCUT2D eigenvalue weighted by molar-refractivity contribution is 5.00. The van der Waals surface area contributed by atoms with E-state index in [1.165, 1.54) is 51.4 Å². The largest absolute Gasteiger partial charge is 0.327 e. The SMILES string of the molecule is CCCCCCCCC(N)C1CC1(C)C. The van der Waals surface area contributed by atoms with Crippen LogP contribution < -0.4 is 5.73 Å². The second-order valence-electron chi connectivity index (χ2n) is 6.02. The predicted molar refractivity (Wildman–Crippen MR) is 67.9 cm³/mol. The molecule has 1 aliphatic carbocycles. The van der Waals surface area contributed by atoms with Gasteiger partial charge in [0.25, 0.3) is 0 Å². The summed E-state index contributed by atoms with van der Waals surface area (Å²) < 4.78 is 0. The van der Waals surface area contributed by atoms with Crippen LogP contribution in [-0.4, -0.2) is 6.04 Å². The van der Waals surface area contributed by atoms with Crippen LogP contribution >= 0.6 is 0 Å². The topological polar surface area (TPSA) is 26.0 Å². The van der Waals surface area contributed by atoms with Crippen LogP contribution in [0.2, 0.25) is 0 Å². The average Bonchev–Trinajstić information content (AvgIpc) is 2.81. The zero-order valence-corrected chi connectivity index (χ0v) is 10.9. The summed E-state index contributed by atoms with van der Waals surface area (Å²) in [4.78, 5) is 0. The second kappa shape index (κ2) is 5.89. The number of rotatable bonds is 8. The molecule has 0 aromatic heterocycles. The van der Waals surface area contributed by atoms with Crippen molar-refractivity contribution in [1.29, 1.82) is 0 Å². The molecule has 0 amide bonds. The van der Waals surface area contributed by atoms with Gasteiger partial charge in [0, 0.05) is 6.04 Å². The molecule has 0 aromatic rings. The molecule has 2 atom stereocenters. The molecule has 0 aromatic carbocycles. The average molecular weight is 211 g/mol. The lowest BCUT2D eigenvalue weighted by atomic mass is 9.99. The van der Waals surface area contributed by atoms with Crippen LogP contribution in [0.5, 0.6) is 0 Å². The number of nitrogens with two attached hydrogens (primary N) is 1. The Bertz CT molecular complexity index is 174. The standard InChI is InChI=1S/C14H29N/c1-4-5-6-7-8-9-10-13(15)12-11-14(12,2)3/h12-13H,4-11,15H2,1-3H3. The summed E-state index contributed by atoms with van der Waals surface area (Å²) in [5.41, 5.74) is 6.75. The lowest BCUT2D eigenvalue weighted by Crippen LogP contribution is -2.24. The molecule has 0 radical (unpaired) electrons. The van der Waals surface area contributed by atoms with Gasteiger partial charge < -0.3 is 5.73 Å². The van der Waals surface area contributed by atoms with E-state index in [1.54, 1.807) is 0 Å². The van der Waals surface area contributed by atoms with E-state index in [9.17, 15) is 0 Å². The minimum absolute atomic E-state index is 0.478. The van der Waals surface area contributed by atoms with E-state index in [0.29, 0.717) is 11.5 Å². The molecule has 1 saturated carbocycles. The van der Waals surface area contributed by atoms with Crippen molar-refractivity contribution in [1.82, 2.24) is 0 Å². The van der Waals surface area contributed by atoms with Gasteiger partial charge in [0.15, 0.2) is 0 Å². The van der Waals surface area contributed by atoms with Crippen molar-refractivity contribution in [2.45, 2.75) is 78.2 Å². The predicted octanol–water partition coefficient (Wildman–Crippen LogP) is 4.11. The van der Waals surface area contributed by atoms with Crippen LogP contribution in [0.4, 0.5) is 0 Å². The van der Waals surface area contributed by atoms with E-state index in [2.05, 4.69) is 20.8 Å². The van der Waals surface area contributed by atoms with Crippen molar-refractivity contribution in [3.63, 3.8) is 0 Å². The molecule has 0 saturated heterocycles. The maximum atomic E-state index is 6.20. The molecule has 0 bridgehead atoms. The Morgan fingerprint density at radius 2 is 1.67 bits per heavy atom. The Balaban J connectivity index is 1.92. The van der Waals surface area contributed by atoms with Gasteiger partial charge >= 0.3 is 0 Å². The number of hydrogen-bond acceptors (Lipinski definition) is 1. The molecule has 1 fully saturated rings. The van der Waals surface area contributed by atoms with Crippen LogP contribution in [0.1, 0.15) is 72.1 Å². The number of hydrogen-bond donors (Lipinski definition) is 1. The molecular formula is C14H29N. The maximum absolute atomic E-state index is 6.20. The Morgan fingerprint density at radius 1 is 1.13 bits per heavy atom. The zero-order valence-electron chi connectivity index (χ0n) is 10.9. The monoisotopic (exact) mass is 211 g/mol. The van der Waals surface area contributed by atoms with Crippen molar-refractivity contribution >= 4 is 0 Å². The van der Waals surface area contributed by atoms with Crippen LogP contribution in [0.3, 0.4) is 0 Å². The van der Waals surface area contributed by atoms with Crippen molar-refractivity contribution in [3.8, 4) is 0 Å². The van der Waals surface area contributed by atoms with Crippen LogP contribution in [0.25, 0.3) is 0 Å². The molecule has 90 valence electrons. The molecule has 1 rings (SSSR count). The first-order valence-electron chi connectivity index (χ1n) is 6.83. The Hall–Kier alpha value is -0.0400. The summed E-state index contributed by atoms with van der Waals surface area (Å²) in [5, 5.41) is 0. The molecule has 2 N–H and O–H groups in total. The normalized spacial score (nSPS) is 25.2. The highest BCUT2D eigenvalue weighted by Gasteiger charge is 2.48. The van der Waals surface area contributed by atoms with Crippen molar-refractivity contribution in [2.75, 3.05) is 0 Å². The molecule has 2 unspecified atom stereocenters. The fourth-order valence-electron chi connectivity index (χ4n) is 2.60. The summed E-state index contributed by atoms with van der Waals surface area (Å²) in [6.45, 7) is 6.96. The van der Waals surface area contributed by atoms with Gasteiger partial charge in [-0.05, 0) is 24.2 Å². The Kier molecular flexibility index (Phi) is 5.11. The van der Waals surface area contributed by atoms with Crippen LogP contribution in [0.15, 0.2) is 0 Å². The fourth-order valence-corrected chi connectivity index (χ4v) is 2.60. The third kappa shape index (κ3) is 4.55. The summed E-state index contributed by atoms with van der Waals surface area (Å²) in [7, 11) is 0. The summed E-state index contributed by atoms with van der Waals surface area (Å²) in [5.74, 6) is 0.813. The van der Waals surface area contributed by atoms with Crippen molar-refractivity contribution < 1.29 is 0 Å². The smallest absolute Gasteiger partial charge is 0.00724 e. The fraction of sp³-hybridized carbons (Fsp3) is 1.00.